The van der Waals surface area contributed by atoms with Gasteiger partial charge in [-0.2, -0.15) is 0 Å². The van der Waals surface area contributed by atoms with Crippen molar-refractivity contribution in [2.24, 2.45) is 0 Å². The molecule has 1 fully saturated rings. The SMILES string of the molecule is CC.CC1(C)OC[C@@H](/C=C2/C(=O)c3cc(F)ccc3Cc3ccccc32)O1. The van der Waals surface area contributed by atoms with Crippen molar-refractivity contribution in [3.05, 3.63) is 76.6 Å². The first kappa shape index (κ1) is 19.5. The molecular formula is C23H25FO3. The molecule has 1 aliphatic heterocycles. The Kier molecular flexibility index (Phi) is 5.59. The van der Waals surface area contributed by atoms with Gasteiger partial charge in [-0.25, -0.2) is 4.39 Å². The molecule has 0 amide bonds. The number of carbonyl (C=O) groups excluding carboxylic acids is 1. The molecule has 1 heterocycles. The average molecular weight is 368 g/mol. The number of hydrogen-bond acceptors (Lipinski definition) is 3. The summed E-state index contributed by atoms with van der Waals surface area (Å²) in [7, 11) is 0. The number of ether oxygens (including phenoxy) is 2. The summed E-state index contributed by atoms with van der Waals surface area (Å²) >= 11 is 0. The molecule has 0 aromatic heterocycles. The molecule has 1 saturated heterocycles. The lowest BCUT2D eigenvalue weighted by Crippen LogP contribution is -2.21. The lowest BCUT2D eigenvalue weighted by molar-refractivity contribution is -0.133. The van der Waals surface area contributed by atoms with Crippen LogP contribution in [0.1, 0.15) is 54.7 Å². The van der Waals surface area contributed by atoms with E-state index in [1.165, 1.54) is 12.1 Å². The highest BCUT2D eigenvalue weighted by Gasteiger charge is 2.33. The molecule has 0 N–H and O–H groups in total. The van der Waals surface area contributed by atoms with Crippen LogP contribution in [0.15, 0.2) is 48.5 Å². The number of halogens is 1. The maximum absolute atomic E-state index is 13.7. The minimum Gasteiger partial charge on any atom is -0.347 e. The Balaban J connectivity index is 0.00000102. The smallest absolute Gasteiger partial charge is 0.193 e. The van der Waals surface area contributed by atoms with Gasteiger partial charge < -0.3 is 9.47 Å². The van der Waals surface area contributed by atoms with Gasteiger partial charge in [0.2, 0.25) is 0 Å². The molecule has 4 rings (SSSR count). The lowest BCUT2D eigenvalue weighted by Gasteiger charge is -2.16. The quantitative estimate of drug-likeness (QED) is 0.651. The van der Waals surface area contributed by atoms with Gasteiger partial charge in [0.1, 0.15) is 11.9 Å². The van der Waals surface area contributed by atoms with E-state index < -0.39 is 11.6 Å². The van der Waals surface area contributed by atoms with Gasteiger partial charge >= 0.3 is 0 Å². The number of Topliss-reactive ketones (excluding diaryl/α,β-unsaturated/α-hetero) is 1. The first-order chi connectivity index (χ1) is 12.9. The lowest BCUT2D eigenvalue weighted by atomic mass is 9.95. The Bertz CT molecular complexity index is 883. The summed E-state index contributed by atoms with van der Waals surface area (Å²) in [5.74, 6) is -1.24. The number of ketones is 1. The topological polar surface area (TPSA) is 35.5 Å². The maximum Gasteiger partial charge on any atom is 0.193 e. The van der Waals surface area contributed by atoms with Gasteiger partial charge in [0, 0.05) is 11.1 Å². The predicted octanol–water partition coefficient (Wildman–Crippen LogP) is 5.17. The molecule has 4 heteroatoms. The molecule has 0 radical (unpaired) electrons. The van der Waals surface area contributed by atoms with Crippen LogP contribution >= 0.6 is 0 Å². The second-order valence-corrected chi connectivity index (χ2v) is 6.91. The normalized spacial score (nSPS) is 21.7. The Hall–Kier alpha value is -2.30. The highest BCUT2D eigenvalue weighted by atomic mass is 19.1. The van der Waals surface area contributed by atoms with E-state index in [1.54, 1.807) is 6.07 Å². The van der Waals surface area contributed by atoms with E-state index in [0.29, 0.717) is 24.2 Å². The van der Waals surface area contributed by atoms with Crippen molar-refractivity contribution in [3.63, 3.8) is 0 Å². The number of hydrogen-bond donors (Lipinski definition) is 0. The molecule has 3 nitrogen and oxygen atoms in total. The van der Waals surface area contributed by atoms with E-state index in [1.807, 2.05) is 58.0 Å². The van der Waals surface area contributed by atoms with Crippen molar-refractivity contribution in [1.29, 1.82) is 0 Å². The largest absolute Gasteiger partial charge is 0.347 e. The monoisotopic (exact) mass is 368 g/mol. The van der Waals surface area contributed by atoms with Crippen LogP contribution in [0.2, 0.25) is 0 Å². The zero-order valence-corrected chi connectivity index (χ0v) is 16.2. The molecule has 0 bridgehead atoms. The molecule has 142 valence electrons. The molecule has 1 aliphatic carbocycles. The van der Waals surface area contributed by atoms with Gasteiger partial charge in [0.25, 0.3) is 0 Å². The first-order valence-electron chi connectivity index (χ1n) is 9.38. The van der Waals surface area contributed by atoms with Crippen molar-refractivity contribution in [2.75, 3.05) is 6.61 Å². The summed E-state index contributed by atoms with van der Waals surface area (Å²) in [6.07, 6.45) is 2.11. The summed E-state index contributed by atoms with van der Waals surface area (Å²) in [6, 6.07) is 12.2. The number of allylic oxidation sites excluding steroid dienone is 1. The van der Waals surface area contributed by atoms with Crippen LogP contribution in [0, 0.1) is 5.82 Å². The summed E-state index contributed by atoms with van der Waals surface area (Å²) < 4.78 is 25.2. The maximum atomic E-state index is 13.7. The zero-order chi connectivity index (χ0) is 19.6. The standard InChI is InChI=1S/C21H19FO3.C2H6/c1-21(2)24-12-16(25-21)11-19-17-6-4-3-5-13(17)9-14-7-8-15(22)10-18(14)20(19)23;1-2/h3-8,10-11,16H,9,12H2,1-2H3;1-2H3/b19-11+;/t16-;/m1./s1. The molecule has 0 saturated carbocycles. The first-order valence-corrected chi connectivity index (χ1v) is 9.38. The molecule has 2 aliphatic rings. The van der Waals surface area contributed by atoms with Gasteiger partial charge in [-0.05, 0) is 55.2 Å². The van der Waals surface area contributed by atoms with Crippen molar-refractivity contribution in [3.8, 4) is 0 Å². The van der Waals surface area contributed by atoms with Crippen LogP contribution in [0.25, 0.3) is 5.57 Å². The molecule has 0 unspecified atom stereocenters. The van der Waals surface area contributed by atoms with Crippen LogP contribution in [0.5, 0.6) is 0 Å². The molecule has 2 aromatic carbocycles. The molecule has 0 spiro atoms. The molecule has 2 aromatic rings. The fourth-order valence-corrected chi connectivity index (χ4v) is 3.47. The minimum atomic E-state index is -0.668. The Morgan fingerprint density at radius 3 is 2.48 bits per heavy atom. The minimum absolute atomic E-state index is 0.173. The Morgan fingerprint density at radius 1 is 1.07 bits per heavy atom. The van der Waals surface area contributed by atoms with E-state index in [2.05, 4.69) is 0 Å². The van der Waals surface area contributed by atoms with E-state index >= 15 is 0 Å². The second kappa shape index (κ2) is 7.75. The highest BCUT2D eigenvalue weighted by molar-refractivity contribution is 6.30. The average Bonchev–Trinajstić information content (AvgIpc) is 2.96. The highest BCUT2D eigenvalue weighted by Crippen LogP contribution is 2.33. The van der Waals surface area contributed by atoms with Crippen LogP contribution in [0.4, 0.5) is 4.39 Å². The zero-order valence-electron chi connectivity index (χ0n) is 16.2. The molecule has 27 heavy (non-hydrogen) atoms. The van der Waals surface area contributed by atoms with Crippen molar-refractivity contribution < 1.29 is 18.7 Å². The van der Waals surface area contributed by atoms with Gasteiger partial charge in [-0.15, -0.1) is 0 Å². The second-order valence-electron chi connectivity index (χ2n) is 6.91. The van der Waals surface area contributed by atoms with Crippen molar-refractivity contribution in [2.45, 2.75) is 46.0 Å². The van der Waals surface area contributed by atoms with Crippen molar-refractivity contribution >= 4 is 11.4 Å². The fraction of sp³-hybridized carbons (Fsp3) is 0.348. The molecular weight excluding hydrogens is 343 g/mol. The Morgan fingerprint density at radius 2 is 1.78 bits per heavy atom. The third kappa shape index (κ3) is 4.02. The summed E-state index contributed by atoms with van der Waals surface area (Å²) in [4.78, 5) is 13.2. The van der Waals surface area contributed by atoms with Gasteiger partial charge in [-0.1, -0.05) is 44.2 Å². The predicted molar refractivity (Wildman–Crippen MR) is 104 cm³/mol. The number of benzene rings is 2. The third-order valence-electron chi connectivity index (χ3n) is 4.63. The number of carbonyl (C=O) groups is 1. The van der Waals surface area contributed by atoms with Crippen LogP contribution in [-0.4, -0.2) is 24.3 Å². The van der Waals surface area contributed by atoms with E-state index in [0.717, 1.165) is 16.7 Å². The van der Waals surface area contributed by atoms with Crippen molar-refractivity contribution in [1.82, 2.24) is 0 Å². The number of fused-ring (bicyclic) bond motifs is 2. The summed E-state index contributed by atoms with van der Waals surface area (Å²) in [5.41, 5.74) is 3.72. The fourth-order valence-electron chi connectivity index (χ4n) is 3.47. The van der Waals surface area contributed by atoms with E-state index in [4.69, 9.17) is 9.47 Å². The van der Waals surface area contributed by atoms with Crippen LogP contribution < -0.4 is 0 Å². The molecule has 1 atom stereocenters. The Labute approximate surface area is 159 Å². The van der Waals surface area contributed by atoms with Crippen LogP contribution in [0.3, 0.4) is 0 Å². The van der Waals surface area contributed by atoms with E-state index in [-0.39, 0.29) is 11.9 Å². The van der Waals surface area contributed by atoms with E-state index in [9.17, 15) is 9.18 Å². The van der Waals surface area contributed by atoms with Crippen LogP contribution in [-0.2, 0) is 15.9 Å². The van der Waals surface area contributed by atoms with Gasteiger partial charge in [-0.3, -0.25) is 4.79 Å². The van der Waals surface area contributed by atoms with Gasteiger partial charge in [0.15, 0.2) is 11.6 Å². The third-order valence-corrected chi connectivity index (χ3v) is 4.63. The van der Waals surface area contributed by atoms with Gasteiger partial charge in [0.05, 0.1) is 6.61 Å². The summed E-state index contributed by atoms with van der Waals surface area (Å²) in [5, 5.41) is 0. The summed E-state index contributed by atoms with van der Waals surface area (Å²) in [6.45, 7) is 8.08. The number of rotatable bonds is 1.